The standard InChI is InChI=1S/C23H18ClN3O4/c1-13-8-15(14(2)26(13)18-6-7-20-21(11-18)31-12-30-20)9-19-22(28)27(23(29)25-19)17-5-3-4-16(24)10-17/h3-11H,12H2,1-2H3,(H,25,29)/b19-9+. The maximum absolute atomic E-state index is 12.9. The molecule has 8 heteroatoms. The van der Waals surface area contributed by atoms with E-state index in [2.05, 4.69) is 9.88 Å². The second kappa shape index (κ2) is 7.21. The van der Waals surface area contributed by atoms with Crippen LogP contribution < -0.4 is 19.7 Å². The Labute approximate surface area is 183 Å². The van der Waals surface area contributed by atoms with Gasteiger partial charge in [-0.1, -0.05) is 17.7 Å². The Kier molecular flexibility index (Phi) is 4.48. The fourth-order valence-electron chi connectivity index (χ4n) is 3.90. The Morgan fingerprint density at radius 1 is 1.00 bits per heavy atom. The number of aryl methyl sites for hydroxylation is 1. The van der Waals surface area contributed by atoms with E-state index in [0.29, 0.717) is 22.2 Å². The number of benzene rings is 2. The van der Waals surface area contributed by atoms with Gasteiger partial charge in [0.2, 0.25) is 6.79 Å². The van der Waals surface area contributed by atoms with Crippen molar-refractivity contribution in [3.8, 4) is 17.2 Å². The van der Waals surface area contributed by atoms with E-state index in [0.717, 1.165) is 27.5 Å². The molecule has 3 heterocycles. The molecule has 2 aliphatic rings. The van der Waals surface area contributed by atoms with Crippen molar-refractivity contribution >= 4 is 35.3 Å². The van der Waals surface area contributed by atoms with E-state index < -0.39 is 11.9 Å². The molecule has 5 rings (SSSR count). The number of urea groups is 1. The van der Waals surface area contributed by atoms with Gasteiger partial charge < -0.3 is 19.4 Å². The molecule has 31 heavy (non-hydrogen) atoms. The van der Waals surface area contributed by atoms with Gasteiger partial charge in [-0.3, -0.25) is 4.79 Å². The number of ether oxygens (including phenoxy) is 2. The second-order valence-corrected chi connectivity index (χ2v) is 7.74. The summed E-state index contributed by atoms with van der Waals surface area (Å²) < 4.78 is 12.9. The van der Waals surface area contributed by atoms with E-state index in [9.17, 15) is 9.59 Å². The Balaban J connectivity index is 1.50. The second-order valence-electron chi connectivity index (χ2n) is 7.31. The van der Waals surface area contributed by atoms with E-state index in [-0.39, 0.29) is 12.5 Å². The van der Waals surface area contributed by atoms with Crippen molar-refractivity contribution in [2.45, 2.75) is 13.8 Å². The van der Waals surface area contributed by atoms with Crippen molar-refractivity contribution in [3.05, 3.63) is 76.2 Å². The number of nitrogens with zero attached hydrogens (tertiary/aromatic N) is 2. The van der Waals surface area contributed by atoms with E-state index in [1.54, 1.807) is 30.3 Å². The van der Waals surface area contributed by atoms with Crippen LogP contribution in [0.25, 0.3) is 11.8 Å². The number of hydrogen-bond acceptors (Lipinski definition) is 4. The van der Waals surface area contributed by atoms with Crippen LogP contribution in [0.3, 0.4) is 0 Å². The van der Waals surface area contributed by atoms with Crippen molar-refractivity contribution in [2.75, 3.05) is 11.7 Å². The van der Waals surface area contributed by atoms with E-state index in [1.165, 1.54) is 0 Å². The van der Waals surface area contributed by atoms with E-state index >= 15 is 0 Å². The molecule has 0 aliphatic carbocycles. The predicted octanol–water partition coefficient (Wildman–Crippen LogP) is 4.57. The lowest BCUT2D eigenvalue weighted by molar-refractivity contribution is -0.113. The van der Waals surface area contributed by atoms with Crippen LogP contribution in [0.1, 0.15) is 17.0 Å². The minimum Gasteiger partial charge on any atom is -0.454 e. The van der Waals surface area contributed by atoms with Crippen molar-refractivity contribution in [2.24, 2.45) is 0 Å². The summed E-state index contributed by atoms with van der Waals surface area (Å²) in [6, 6.07) is 13.8. The minimum atomic E-state index is -0.511. The average molecular weight is 436 g/mol. The SMILES string of the molecule is Cc1cc(/C=C2/NC(=O)N(c3cccc(Cl)c3)C2=O)c(C)n1-c1ccc2c(c1)OCO2. The molecule has 2 aromatic carbocycles. The summed E-state index contributed by atoms with van der Waals surface area (Å²) in [5.41, 5.74) is 4.27. The lowest BCUT2D eigenvalue weighted by Gasteiger charge is -2.11. The Hall–Kier alpha value is -3.71. The highest BCUT2D eigenvalue weighted by atomic mass is 35.5. The van der Waals surface area contributed by atoms with Crippen LogP contribution in [-0.4, -0.2) is 23.3 Å². The lowest BCUT2D eigenvalue weighted by Crippen LogP contribution is -2.30. The first-order valence-corrected chi connectivity index (χ1v) is 10.0. The summed E-state index contributed by atoms with van der Waals surface area (Å²) in [5.74, 6) is 0.981. The normalized spacial score (nSPS) is 16.4. The molecule has 0 saturated carbocycles. The van der Waals surface area contributed by atoms with Crippen LogP contribution in [0.4, 0.5) is 10.5 Å². The van der Waals surface area contributed by atoms with Crippen LogP contribution in [-0.2, 0) is 4.79 Å². The van der Waals surface area contributed by atoms with Crippen molar-refractivity contribution in [1.29, 1.82) is 0 Å². The van der Waals surface area contributed by atoms with Crippen LogP contribution in [0, 0.1) is 13.8 Å². The Morgan fingerprint density at radius 2 is 1.81 bits per heavy atom. The highest BCUT2D eigenvalue weighted by Crippen LogP contribution is 2.35. The molecular weight excluding hydrogens is 418 g/mol. The number of carbonyl (C=O) groups is 2. The van der Waals surface area contributed by atoms with Crippen LogP contribution in [0.5, 0.6) is 11.5 Å². The number of anilines is 1. The summed E-state index contributed by atoms with van der Waals surface area (Å²) >= 11 is 6.02. The largest absolute Gasteiger partial charge is 0.454 e. The van der Waals surface area contributed by atoms with Crippen molar-refractivity contribution in [3.63, 3.8) is 0 Å². The third-order valence-corrected chi connectivity index (χ3v) is 5.56. The molecular formula is C23H18ClN3O4. The molecule has 0 spiro atoms. The molecule has 0 radical (unpaired) electrons. The van der Waals surface area contributed by atoms with E-state index in [4.69, 9.17) is 21.1 Å². The zero-order valence-electron chi connectivity index (χ0n) is 16.8. The number of nitrogens with one attached hydrogen (secondary N) is 1. The topological polar surface area (TPSA) is 72.8 Å². The predicted molar refractivity (Wildman–Crippen MR) is 117 cm³/mol. The van der Waals surface area contributed by atoms with Gasteiger partial charge in [-0.05, 0) is 61.9 Å². The zero-order chi connectivity index (χ0) is 21.7. The quantitative estimate of drug-likeness (QED) is 0.483. The van der Waals surface area contributed by atoms with Gasteiger partial charge in [0.1, 0.15) is 5.70 Å². The summed E-state index contributed by atoms with van der Waals surface area (Å²) in [4.78, 5) is 26.5. The molecule has 1 N–H and O–H groups in total. The van der Waals surface area contributed by atoms with Gasteiger partial charge in [-0.25, -0.2) is 9.69 Å². The summed E-state index contributed by atoms with van der Waals surface area (Å²) in [7, 11) is 0. The Bertz CT molecular complexity index is 1280. The maximum atomic E-state index is 12.9. The fourth-order valence-corrected chi connectivity index (χ4v) is 4.08. The van der Waals surface area contributed by atoms with Crippen molar-refractivity contribution in [1.82, 2.24) is 9.88 Å². The molecule has 0 atom stereocenters. The van der Waals surface area contributed by atoms with Gasteiger partial charge in [0.15, 0.2) is 11.5 Å². The number of imide groups is 1. The first kappa shape index (κ1) is 19.3. The lowest BCUT2D eigenvalue weighted by atomic mass is 10.2. The number of rotatable bonds is 3. The third-order valence-electron chi connectivity index (χ3n) is 5.33. The molecule has 1 saturated heterocycles. The average Bonchev–Trinajstić information content (AvgIpc) is 3.38. The van der Waals surface area contributed by atoms with Crippen LogP contribution >= 0.6 is 11.6 Å². The first-order chi connectivity index (χ1) is 14.9. The first-order valence-electron chi connectivity index (χ1n) is 9.64. The summed E-state index contributed by atoms with van der Waals surface area (Å²) in [6.45, 7) is 4.15. The van der Waals surface area contributed by atoms with Crippen molar-refractivity contribution < 1.29 is 19.1 Å². The third kappa shape index (κ3) is 3.23. The highest BCUT2D eigenvalue weighted by molar-refractivity contribution is 6.32. The fraction of sp³-hybridized carbons (Fsp3) is 0.130. The summed E-state index contributed by atoms with van der Waals surface area (Å²) in [5, 5.41) is 3.11. The molecule has 2 aliphatic heterocycles. The summed E-state index contributed by atoms with van der Waals surface area (Å²) in [6.07, 6.45) is 1.69. The van der Waals surface area contributed by atoms with E-state index in [1.807, 2.05) is 38.1 Å². The van der Waals surface area contributed by atoms with Gasteiger partial charge >= 0.3 is 6.03 Å². The van der Waals surface area contributed by atoms with Gasteiger partial charge in [-0.2, -0.15) is 0 Å². The molecule has 0 unspecified atom stereocenters. The van der Waals surface area contributed by atoms with Gasteiger partial charge in [0, 0.05) is 28.2 Å². The monoisotopic (exact) mass is 435 g/mol. The molecule has 0 bridgehead atoms. The zero-order valence-corrected chi connectivity index (χ0v) is 17.6. The molecule has 3 aromatic rings. The molecule has 7 nitrogen and oxygen atoms in total. The van der Waals surface area contributed by atoms with Gasteiger partial charge in [-0.15, -0.1) is 0 Å². The molecule has 156 valence electrons. The molecule has 3 amide bonds. The molecule has 1 fully saturated rings. The number of aromatic nitrogens is 1. The maximum Gasteiger partial charge on any atom is 0.333 e. The smallest absolute Gasteiger partial charge is 0.333 e. The number of fused-ring (bicyclic) bond motifs is 1. The number of amides is 3. The molecule has 1 aromatic heterocycles. The number of halogens is 1. The van der Waals surface area contributed by atoms with Gasteiger partial charge in [0.05, 0.1) is 5.69 Å². The highest BCUT2D eigenvalue weighted by Gasteiger charge is 2.35. The van der Waals surface area contributed by atoms with Crippen LogP contribution in [0.15, 0.2) is 54.2 Å². The number of carbonyl (C=O) groups excluding carboxylic acids is 2. The number of hydrogen-bond donors (Lipinski definition) is 1. The van der Waals surface area contributed by atoms with Gasteiger partial charge in [0.25, 0.3) is 5.91 Å². The Morgan fingerprint density at radius 3 is 2.61 bits per heavy atom. The van der Waals surface area contributed by atoms with Crippen LogP contribution in [0.2, 0.25) is 5.02 Å². The minimum absolute atomic E-state index is 0.205.